The first kappa shape index (κ1) is 15.0. The maximum Gasteiger partial charge on any atom is 0.254 e. The number of fused-ring (bicyclic) bond motifs is 2. The van der Waals surface area contributed by atoms with Gasteiger partial charge in [-0.05, 0) is 61.6 Å². The van der Waals surface area contributed by atoms with Gasteiger partial charge in [0.05, 0.1) is 6.04 Å². The first-order chi connectivity index (χ1) is 11.6. The van der Waals surface area contributed by atoms with Crippen LogP contribution in [0.1, 0.15) is 45.2 Å². The molecule has 1 amide bonds. The molecule has 0 fully saturated rings. The molecule has 1 aliphatic rings. The SMILES string of the molecule is Cc1[nH]c2ccc(C(=O)N(C)[C@H]3CCc4ccccc43)cc2c1C. The zero-order valence-electron chi connectivity index (χ0n) is 14.4. The van der Waals surface area contributed by atoms with Crippen molar-refractivity contribution in [1.82, 2.24) is 9.88 Å². The number of benzene rings is 2. The molecule has 1 aliphatic carbocycles. The predicted molar refractivity (Wildman–Crippen MR) is 97.4 cm³/mol. The lowest BCUT2D eigenvalue weighted by Gasteiger charge is -2.25. The van der Waals surface area contributed by atoms with Crippen molar-refractivity contribution in [1.29, 1.82) is 0 Å². The summed E-state index contributed by atoms with van der Waals surface area (Å²) in [5.74, 6) is 0.0943. The van der Waals surface area contributed by atoms with E-state index >= 15 is 0 Å². The molecule has 2 aromatic carbocycles. The Balaban J connectivity index is 1.67. The first-order valence-electron chi connectivity index (χ1n) is 8.50. The van der Waals surface area contributed by atoms with Crippen LogP contribution in [0.3, 0.4) is 0 Å². The number of aromatic nitrogens is 1. The molecule has 3 heteroatoms. The maximum absolute atomic E-state index is 13.0. The average Bonchev–Trinajstić information content (AvgIpc) is 3.15. The van der Waals surface area contributed by atoms with Crippen molar-refractivity contribution in [3.63, 3.8) is 0 Å². The molecular formula is C21H22N2O. The topological polar surface area (TPSA) is 36.1 Å². The molecule has 0 unspecified atom stereocenters. The summed E-state index contributed by atoms with van der Waals surface area (Å²) in [6.07, 6.45) is 2.06. The van der Waals surface area contributed by atoms with Crippen LogP contribution in [0.2, 0.25) is 0 Å². The zero-order chi connectivity index (χ0) is 16.8. The van der Waals surface area contributed by atoms with Crippen molar-refractivity contribution in [3.8, 4) is 0 Å². The largest absolute Gasteiger partial charge is 0.358 e. The molecule has 1 N–H and O–H groups in total. The van der Waals surface area contributed by atoms with E-state index in [0.29, 0.717) is 0 Å². The normalized spacial score (nSPS) is 16.4. The number of aromatic amines is 1. The summed E-state index contributed by atoms with van der Waals surface area (Å²) in [6, 6.07) is 14.6. The average molecular weight is 318 g/mol. The Hall–Kier alpha value is -2.55. The van der Waals surface area contributed by atoms with Crippen LogP contribution >= 0.6 is 0 Å². The Morgan fingerprint density at radius 2 is 1.96 bits per heavy atom. The van der Waals surface area contributed by atoms with E-state index in [1.807, 2.05) is 30.1 Å². The van der Waals surface area contributed by atoms with E-state index in [-0.39, 0.29) is 11.9 Å². The number of aryl methyl sites for hydroxylation is 3. The molecule has 0 aliphatic heterocycles. The fourth-order valence-electron chi connectivity index (χ4n) is 3.88. The molecule has 1 heterocycles. The summed E-state index contributed by atoms with van der Waals surface area (Å²) in [5.41, 5.74) is 6.89. The standard InChI is InChI=1S/C21H22N2O/c1-13-14(2)22-19-10-8-16(12-18(13)19)21(24)23(3)20-11-9-15-6-4-5-7-17(15)20/h4-8,10,12,20,22H,9,11H2,1-3H3/t20-/m0/s1. The van der Waals surface area contributed by atoms with E-state index in [0.717, 1.165) is 35.0 Å². The second-order valence-electron chi connectivity index (χ2n) is 6.80. The van der Waals surface area contributed by atoms with Gasteiger partial charge in [-0.1, -0.05) is 24.3 Å². The van der Waals surface area contributed by atoms with Crippen molar-refractivity contribution < 1.29 is 4.79 Å². The van der Waals surface area contributed by atoms with Gasteiger partial charge in [-0.3, -0.25) is 4.79 Å². The molecule has 0 saturated heterocycles. The number of rotatable bonds is 2. The highest BCUT2D eigenvalue weighted by molar-refractivity contribution is 5.99. The number of nitrogens with zero attached hydrogens (tertiary/aromatic N) is 1. The van der Waals surface area contributed by atoms with Crippen LogP contribution in [0, 0.1) is 13.8 Å². The fraction of sp³-hybridized carbons (Fsp3) is 0.286. The highest BCUT2D eigenvalue weighted by Gasteiger charge is 2.28. The van der Waals surface area contributed by atoms with Crippen LogP contribution in [0.4, 0.5) is 0 Å². The minimum Gasteiger partial charge on any atom is -0.358 e. The molecule has 3 aromatic rings. The van der Waals surface area contributed by atoms with Gasteiger partial charge in [0.25, 0.3) is 5.91 Å². The highest BCUT2D eigenvalue weighted by Crippen LogP contribution is 2.35. The second-order valence-corrected chi connectivity index (χ2v) is 6.80. The van der Waals surface area contributed by atoms with Crippen molar-refractivity contribution >= 4 is 16.8 Å². The third-order valence-corrected chi connectivity index (χ3v) is 5.44. The van der Waals surface area contributed by atoms with Gasteiger partial charge in [0.15, 0.2) is 0 Å². The van der Waals surface area contributed by atoms with Gasteiger partial charge < -0.3 is 9.88 Å². The molecule has 1 aromatic heterocycles. The Morgan fingerprint density at radius 1 is 1.17 bits per heavy atom. The molecule has 122 valence electrons. The molecule has 1 atom stereocenters. The number of carbonyl (C=O) groups is 1. The summed E-state index contributed by atoms with van der Waals surface area (Å²) >= 11 is 0. The Kier molecular flexibility index (Phi) is 3.45. The molecule has 3 nitrogen and oxygen atoms in total. The summed E-state index contributed by atoms with van der Waals surface area (Å²) in [7, 11) is 1.93. The van der Waals surface area contributed by atoms with Crippen LogP contribution in [0.15, 0.2) is 42.5 Å². The van der Waals surface area contributed by atoms with E-state index in [1.54, 1.807) is 0 Å². The predicted octanol–water partition coefficient (Wildman–Crippen LogP) is 4.54. The summed E-state index contributed by atoms with van der Waals surface area (Å²) in [5, 5.41) is 1.14. The molecule has 0 saturated carbocycles. The fourth-order valence-corrected chi connectivity index (χ4v) is 3.88. The van der Waals surface area contributed by atoms with Gasteiger partial charge in [-0.15, -0.1) is 0 Å². The number of hydrogen-bond donors (Lipinski definition) is 1. The van der Waals surface area contributed by atoms with Crippen LogP contribution in [0.5, 0.6) is 0 Å². The van der Waals surface area contributed by atoms with E-state index < -0.39 is 0 Å². The Morgan fingerprint density at radius 3 is 2.79 bits per heavy atom. The minimum atomic E-state index is 0.0943. The van der Waals surface area contributed by atoms with Crippen molar-refractivity contribution in [3.05, 3.63) is 70.4 Å². The summed E-state index contributed by atoms with van der Waals surface area (Å²) in [6.45, 7) is 4.16. The molecular weight excluding hydrogens is 296 g/mol. The lowest BCUT2D eigenvalue weighted by Crippen LogP contribution is -2.30. The molecule has 0 spiro atoms. The van der Waals surface area contributed by atoms with Gasteiger partial charge in [0.1, 0.15) is 0 Å². The minimum absolute atomic E-state index is 0.0943. The third-order valence-electron chi connectivity index (χ3n) is 5.44. The van der Waals surface area contributed by atoms with Crippen LogP contribution < -0.4 is 0 Å². The van der Waals surface area contributed by atoms with E-state index in [1.165, 1.54) is 16.7 Å². The van der Waals surface area contributed by atoms with Crippen LogP contribution in [0.25, 0.3) is 10.9 Å². The maximum atomic E-state index is 13.0. The Bertz CT molecular complexity index is 938. The zero-order valence-corrected chi connectivity index (χ0v) is 14.4. The van der Waals surface area contributed by atoms with E-state index in [4.69, 9.17) is 0 Å². The van der Waals surface area contributed by atoms with Gasteiger partial charge in [0.2, 0.25) is 0 Å². The first-order valence-corrected chi connectivity index (χ1v) is 8.50. The van der Waals surface area contributed by atoms with E-state index in [9.17, 15) is 4.79 Å². The number of amides is 1. The smallest absolute Gasteiger partial charge is 0.254 e. The van der Waals surface area contributed by atoms with Crippen molar-refractivity contribution in [2.24, 2.45) is 0 Å². The quantitative estimate of drug-likeness (QED) is 0.739. The number of hydrogen-bond acceptors (Lipinski definition) is 1. The monoisotopic (exact) mass is 318 g/mol. The number of H-pyrrole nitrogens is 1. The van der Waals surface area contributed by atoms with Crippen molar-refractivity contribution in [2.75, 3.05) is 7.05 Å². The van der Waals surface area contributed by atoms with Gasteiger partial charge in [-0.2, -0.15) is 0 Å². The molecule has 0 radical (unpaired) electrons. The third kappa shape index (κ3) is 2.23. The summed E-state index contributed by atoms with van der Waals surface area (Å²) in [4.78, 5) is 18.3. The van der Waals surface area contributed by atoms with E-state index in [2.05, 4.69) is 43.1 Å². The molecule has 24 heavy (non-hydrogen) atoms. The molecule has 4 rings (SSSR count). The van der Waals surface area contributed by atoms with Crippen LogP contribution in [-0.2, 0) is 6.42 Å². The van der Waals surface area contributed by atoms with Crippen LogP contribution in [-0.4, -0.2) is 22.8 Å². The lowest BCUT2D eigenvalue weighted by atomic mass is 10.0. The van der Waals surface area contributed by atoms with Gasteiger partial charge >= 0.3 is 0 Å². The van der Waals surface area contributed by atoms with Gasteiger partial charge in [-0.25, -0.2) is 0 Å². The summed E-state index contributed by atoms with van der Waals surface area (Å²) < 4.78 is 0. The number of carbonyl (C=O) groups excluding carboxylic acids is 1. The molecule has 0 bridgehead atoms. The number of nitrogens with one attached hydrogen (secondary N) is 1. The highest BCUT2D eigenvalue weighted by atomic mass is 16.2. The van der Waals surface area contributed by atoms with Crippen molar-refractivity contribution in [2.45, 2.75) is 32.7 Å². The second kappa shape index (κ2) is 5.52. The lowest BCUT2D eigenvalue weighted by molar-refractivity contribution is 0.0731. The van der Waals surface area contributed by atoms with Gasteiger partial charge in [0, 0.05) is 29.2 Å². The Labute approximate surface area is 142 Å².